The first-order chi connectivity index (χ1) is 13.2. The number of imidazole rings is 1. The largest absolute Gasteiger partial charge is 0.465 e. The van der Waals surface area contributed by atoms with Crippen molar-refractivity contribution in [3.05, 3.63) is 60.4 Å². The lowest BCUT2D eigenvalue weighted by atomic mass is 10.1. The third kappa shape index (κ3) is 3.30. The number of nitrogens with zero attached hydrogens (tertiary/aromatic N) is 3. The average molecular weight is 363 g/mol. The van der Waals surface area contributed by atoms with E-state index in [-0.39, 0.29) is 24.3 Å². The summed E-state index contributed by atoms with van der Waals surface area (Å²) in [6.45, 7) is 2.78. The average Bonchev–Trinajstić information content (AvgIpc) is 3.24. The number of hydrogen-bond donors (Lipinski definition) is 0. The Morgan fingerprint density at radius 2 is 1.89 bits per heavy atom. The van der Waals surface area contributed by atoms with E-state index in [2.05, 4.69) is 0 Å². The lowest BCUT2D eigenvalue weighted by Gasteiger charge is -2.17. The molecule has 0 saturated carbocycles. The molecule has 1 aliphatic rings. The zero-order valence-corrected chi connectivity index (χ0v) is 15.2. The van der Waals surface area contributed by atoms with Crippen molar-refractivity contribution in [3.8, 4) is 0 Å². The molecule has 1 amide bonds. The van der Waals surface area contributed by atoms with Gasteiger partial charge in [0.15, 0.2) is 0 Å². The van der Waals surface area contributed by atoms with Crippen LogP contribution >= 0.6 is 0 Å². The molecule has 1 saturated heterocycles. The Morgan fingerprint density at radius 3 is 2.67 bits per heavy atom. The molecule has 1 fully saturated rings. The van der Waals surface area contributed by atoms with Gasteiger partial charge in [0.2, 0.25) is 5.91 Å². The Morgan fingerprint density at radius 1 is 1.15 bits per heavy atom. The molecule has 1 aromatic heterocycles. The summed E-state index contributed by atoms with van der Waals surface area (Å²) in [6, 6.07) is 17.3. The number of hydrogen-bond acceptors (Lipinski definition) is 4. The van der Waals surface area contributed by atoms with E-state index in [1.165, 1.54) is 0 Å². The Balaban J connectivity index is 1.69. The Bertz CT molecular complexity index is 981. The van der Waals surface area contributed by atoms with Crippen LogP contribution in [0.1, 0.15) is 25.1 Å². The minimum Gasteiger partial charge on any atom is -0.465 e. The van der Waals surface area contributed by atoms with E-state index in [0.29, 0.717) is 19.6 Å². The Kier molecular flexibility index (Phi) is 4.62. The number of amides is 1. The second-order valence-corrected chi connectivity index (χ2v) is 6.59. The highest BCUT2D eigenvalue weighted by Gasteiger charge is 2.35. The fourth-order valence-corrected chi connectivity index (χ4v) is 3.65. The summed E-state index contributed by atoms with van der Waals surface area (Å²) < 4.78 is 7.02. The highest BCUT2D eigenvalue weighted by Crippen LogP contribution is 2.33. The predicted octanol–water partition coefficient (Wildman–Crippen LogP) is 3.12. The van der Waals surface area contributed by atoms with Crippen LogP contribution in [0.3, 0.4) is 0 Å². The van der Waals surface area contributed by atoms with Gasteiger partial charge >= 0.3 is 5.97 Å². The van der Waals surface area contributed by atoms with Crippen LogP contribution in [0.25, 0.3) is 11.0 Å². The van der Waals surface area contributed by atoms with Crippen molar-refractivity contribution in [2.24, 2.45) is 0 Å². The summed E-state index contributed by atoms with van der Waals surface area (Å²) >= 11 is 0. The highest BCUT2D eigenvalue weighted by atomic mass is 16.5. The first-order valence-electron chi connectivity index (χ1n) is 9.13. The standard InChI is InChI=1S/C21H21N3O3/c1-2-27-20(26)14-24-18-11-7-6-10-17(18)22-21(24)15-12-19(25)23(13-15)16-8-4-3-5-9-16/h3-11,15H,2,12-14H2,1H3. The predicted molar refractivity (Wildman–Crippen MR) is 103 cm³/mol. The van der Waals surface area contributed by atoms with Gasteiger partial charge in [0.25, 0.3) is 0 Å². The molecule has 6 heteroatoms. The van der Waals surface area contributed by atoms with Crippen LogP contribution in [0.15, 0.2) is 54.6 Å². The minimum absolute atomic E-state index is 0.0699. The van der Waals surface area contributed by atoms with Crippen LogP contribution in [-0.2, 0) is 20.9 Å². The molecule has 1 atom stereocenters. The molecular formula is C21H21N3O3. The fourth-order valence-electron chi connectivity index (χ4n) is 3.65. The maximum absolute atomic E-state index is 12.6. The van der Waals surface area contributed by atoms with E-state index >= 15 is 0 Å². The molecule has 27 heavy (non-hydrogen) atoms. The molecule has 0 bridgehead atoms. The monoisotopic (exact) mass is 363 g/mol. The summed E-state index contributed by atoms with van der Waals surface area (Å²) in [5.74, 6) is 0.461. The normalized spacial score (nSPS) is 16.9. The van der Waals surface area contributed by atoms with Crippen molar-refractivity contribution in [2.45, 2.75) is 25.8 Å². The van der Waals surface area contributed by atoms with Crippen molar-refractivity contribution >= 4 is 28.6 Å². The van der Waals surface area contributed by atoms with Gasteiger partial charge in [-0.05, 0) is 31.2 Å². The SMILES string of the molecule is CCOC(=O)Cn1c(C2CC(=O)N(c3ccccc3)C2)nc2ccccc21. The molecule has 1 aliphatic heterocycles. The van der Waals surface area contributed by atoms with Gasteiger partial charge in [0.05, 0.1) is 17.6 Å². The number of rotatable bonds is 5. The smallest absolute Gasteiger partial charge is 0.326 e. The van der Waals surface area contributed by atoms with E-state index < -0.39 is 0 Å². The number of carbonyl (C=O) groups is 2. The topological polar surface area (TPSA) is 64.4 Å². The first kappa shape index (κ1) is 17.3. The quantitative estimate of drug-likeness (QED) is 0.654. The highest BCUT2D eigenvalue weighted by molar-refractivity contribution is 5.96. The lowest BCUT2D eigenvalue weighted by Crippen LogP contribution is -2.24. The number of esters is 1. The molecule has 1 unspecified atom stereocenters. The van der Waals surface area contributed by atoms with Gasteiger partial charge in [0, 0.05) is 24.6 Å². The van der Waals surface area contributed by atoms with Gasteiger partial charge < -0.3 is 14.2 Å². The van der Waals surface area contributed by atoms with Crippen molar-refractivity contribution in [3.63, 3.8) is 0 Å². The maximum Gasteiger partial charge on any atom is 0.326 e. The zero-order chi connectivity index (χ0) is 18.8. The van der Waals surface area contributed by atoms with Crippen LogP contribution in [0.5, 0.6) is 0 Å². The van der Waals surface area contributed by atoms with Gasteiger partial charge in [-0.2, -0.15) is 0 Å². The zero-order valence-electron chi connectivity index (χ0n) is 15.2. The van der Waals surface area contributed by atoms with E-state index in [1.807, 2.05) is 59.2 Å². The molecule has 4 rings (SSSR count). The molecule has 138 valence electrons. The Hall–Kier alpha value is -3.15. The van der Waals surface area contributed by atoms with Crippen LogP contribution in [0.2, 0.25) is 0 Å². The van der Waals surface area contributed by atoms with Crippen LogP contribution in [0.4, 0.5) is 5.69 Å². The number of para-hydroxylation sites is 3. The van der Waals surface area contributed by atoms with E-state index in [0.717, 1.165) is 22.5 Å². The number of anilines is 1. The van der Waals surface area contributed by atoms with Gasteiger partial charge in [-0.15, -0.1) is 0 Å². The van der Waals surface area contributed by atoms with Gasteiger partial charge in [0.1, 0.15) is 12.4 Å². The second-order valence-electron chi connectivity index (χ2n) is 6.59. The van der Waals surface area contributed by atoms with Crippen molar-refractivity contribution in [1.29, 1.82) is 0 Å². The minimum atomic E-state index is -0.300. The van der Waals surface area contributed by atoms with Crippen LogP contribution < -0.4 is 4.90 Å². The summed E-state index contributed by atoms with van der Waals surface area (Å²) in [7, 11) is 0. The number of benzene rings is 2. The molecule has 2 heterocycles. The summed E-state index contributed by atoms with van der Waals surface area (Å²) in [5.41, 5.74) is 2.59. The van der Waals surface area contributed by atoms with Gasteiger partial charge in [-0.25, -0.2) is 4.98 Å². The van der Waals surface area contributed by atoms with Crippen molar-refractivity contribution < 1.29 is 14.3 Å². The molecule has 3 aromatic rings. The molecule has 0 spiro atoms. The molecule has 0 radical (unpaired) electrons. The lowest BCUT2D eigenvalue weighted by molar-refractivity contribution is -0.143. The van der Waals surface area contributed by atoms with E-state index in [1.54, 1.807) is 11.8 Å². The van der Waals surface area contributed by atoms with Gasteiger partial charge in [-0.3, -0.25) is 9.59 Å². The first-order valence-corrected chi connectivity index (χ1v) is 9.13. The second kappa shape index (κ2) is 7.23. The van der Waals surface area contributed by atoms with E-state index in [4.69, 9.17) is 9.72 Å². The summed E-state index contributed by atoms with van der Waals surface area (Å²) in [4.78, 5) is 31.3. The summed E-state index contributed by atoms with van der Waals surface area (Å²) in [5, 5.41) is 0. The van der Waals surface area contributed by atoms with Gasteiger partial charge in [-0.1, -0.05) is 30.3 Å². The molecule has 2 aromatic carbocycles. The van der Waals surface area contributed by atoms with Crippen molar-refractivity contribution in [1.82, 2.24) is 9.55 Å². The number of aromatic nitrogens is 2. The number of ether oxygens (including phenoxy) is 1. The number of carbonyl (C=O) groups excluding carboxylic acids is 2. The molecule has 0 aliphatic carbocycles. The molecule has 0 N–H and O–H groups in total. The van der Waals surface area contributed by atoms with E-state index in [9.17, 15) is 9.59 Å². The summed E-state index contributed by atoms with van der Waals surface area (Å²) in [6.07, 6.45) is 0.376. The molecule has 6 nitrogen and oxygen atoms in total. The fraction of sp³-hybridized carbons (Fsp3) is 0.286. The third-order valence-electron chi connectivity index (χ3n) is 4.83. The maximum atomic E-state index is 12.6. The molecular weight excluding hydrogens is 342 g/mol. The third-order valence-corrected chi connectivity index (χ3v) is 4.83. The van der Waals surface area contributed by atoms with Crippen molar-refractivity contribution in [2.75, 3.05) is 18.1 Å². The van der Waals surface area contributed by atoms with Crippen LogP contribution in [-0.4, -0.2) is 34.6 Å². The number of fused-ring (bicyclic) bond motifs is 1. The van der Waals surface area contributed by atoms with Crippen LogP contribution in [0, 0.1) is 0 Å². The Labute approximate surface area is 157 Å².